The molecule has 0 aliphatic heterocycles. The van der Waals surface area contributed by atoms with Crippen LogP contribution in [-0.2, 0) is 14.3 Å². The van der Waals surface area contributed by atoms with Crippen LogP contribution in [0.15, 0.2) is 0 Å². The van der Waals surface area contributed by atoms with E-state index in [0.717, 1.165) is 12.8 Å². The standard InChI is InChI=1S/C11H20N2O3/c1-11(2,10(12)15)6-13-8(7-4-5-7)9(14)16-3/h7-8,13H,4-6H2,1-3H3,(H2,12,15). The molecule has 3 N–H and O–H groups in total. The maximum Gasteiger partial charge on any atom is 0.323 e. The van der Waals surface area contributed by atoms with Crippen molar-refractivity contribution in [2.24, 2.45) is 17.1 Å². The Labute approximate surface area is 95.7 Å². The molecule has 5 heteroatoms. The number of nitrogens with one attached hydrogen (secondary N) is 1. The van der Waals surface area contributed by atoms with Crippen LogP contribution in [0.2, 0.25) is 0 Å². The van der Waals surface area contributed by atoms with E-state index < -0.39 is 5.41 Å². The molecule has 0 bridgehead atoms. The van der Waals surface area contributed by atoms with Crippen molar-refractivity contribution in [2.75, 3.05) is 13.7 Å². The van der Waals surface area contributed by atoms with Gasteiger partial charge in [0.1, 0.15) is 6.04 Å². The molecule has 1 aliphatic carbocycles. The lowest BCUT2D eigenvalue weighted by atomic mass is 9.92. The van der Waals surface area contributed by atoms with Gasteiger partial charge in [0.25, 0.3) is 0 Å². The number of carbonyl (C=O) groups excluding carboxylic acids is 2. The average Bonchev–Trinajstić information content (AvgIpc) is 3.01. The molecule has 5 nitrogen and oxygen atoms in total. The molecular formula is C11H20N2O3. The van der Waals surface area contributed by atoms with Gasteiger partial charge in [0.15, 0.2) is 0 Å². The summed E-state index contributed by atoms with van der Waals surface area (Å²) >= 11 is 0. The molecule has 0 aromatic rings. The summed E-state index contributed by atoms with van der Waals surface area (Å²) in [5.41, 5.74) is 4.61. The minimum Gasteiger partial charge on any atom is -0.468 e. The van der Waals surface area contributed by atoms with Gasteiger partial charge in [-0.05, 0) is 32.6 Å². The molecule has 92 valence electrons. The molecule has 1 fully saturated rings. The lowest BCUT2D eigenvalue weighted by Crippen LogP contribution is -2.47. The second-order valence-corrected chi connectivity index (χ2v) is 4.97. The Bertz CT molecular complexity index is 285. The SMILES string of the molecule is COC(=O)C(NCC(C)(C)C(N)=O)C1CC1. The second kappa shape index (κ2) is 4.82. The number of hydrogen-bond donors (Lipinski definition) is 2. The van der Waals surface area contributed by atoms with Crippen LogP contribution in [0.4, 0.5) is 0 Å². The molecule has 0 radical (unpaired) electrons. The highest BCUT2D eigenvalue weighted by Crippen LogP contribution is 2.33. The number of hydrogen-bond acceptors (Lipinski definition) is 4. The molecule has 16 heavy (non-hydrogen) atoms. The van der Waals surface area contributed by atoms with Crippen LogP contribution >= 0.6 is 0 Å². The fraction of sp³-hybridized carbons (Fsp3) is 0.818. The molecule has 1 amide bonds. The number of carbonyl (C=O) groups is 2. The normalized spacial score (nSPS) is 17.9. The maximum absolute atomic E-state index is 11.5. The van der Waals surface area contributed by atoms with Crippen LogP contribution in [0.5, 0.6) is 0 Å². The van der Waals surface area contributed by atoms with E-state index in [9.17, 15) is 9.59 Å². The lowest BCUT2D eigenvalue weighted by molar-refractivity contribution is -0.144. The summed E-state index contributed by atoms with van der Waals surface area (Å²) in [6.07, 6.45) is 2.06. The van der Waals surface area contributed by atoms with E-state index in [1.54, 1.807) is 13.8 Å². The molecule has 1 aliphatic rings. The number of rotatable bonds is 6. The first kappa shape index (κ1) is 13.0. The van der Waals surface area contributed by atoms with Crippen molar-refractivity contribution in [3.63, 3.8) is 0 Å². The predicted octanol–water partition coefficient (Wildman–Crippen LogP) is 0.0391. The van der Waals surface area contributed by atoms with Crippen molar-refractivity contribution in [3.05, 3.63) is 0 Å². The van der Waals surface area contributed by atoms with Crippen LogP contribution < -0.4 is 11.1 Å². The van der Waals surface area contributed by atoms with E-state index in [4.69, 9.17) is 10.5 Å². The van der Waals surface area contributed by atoms with Gasteiger partial charge in [-0.2, -0.15) is 0 Å². The molecule has 1 rings (SSSR count). The van der Waals surface area contributed by atoms with Crippen LogP contribution in [0.25, 0.3) is 0 Å². The highest BCUT2D eigenvalue weighted by molar-refractivity contribution is 5.80. The van der Waals surface area contributed by atoms with Crippen molar-refractivity contribution < 1.29 is 14.3 Å². The molecule has 0 heterocycles. The van der Waals surface area contributed by atoms with Gasteiger partial charge in [-0.25, -0.2) is 0 Å². The Hall–Kier alpha value is -1.10. The summed E-state index contributed by atoms with van der Waals surface area (Å²) in [6.45, 7) is 3.89. The van der Waals surface area contributed by atoms with Crippen LogP contribution in [-0.4, -0.2) is 31.6 Å². The third kappa shape index (κ3) is 3.20. The predicted molar refractivity (Wildman–Crippen MR) is 59.5 cm³/mol. The molecular weight excluding hydrogens is 208 g/mol. The topological polar surface area (TPSA) is 81.4 Å². The van der Waals surface area contributed by atoms with E-state index in [-0.39, 0.29) is 17.9 Å². The smallest absolute Gasteiger partial charge is 0.323 e. The quantitative estimate of drug-likeness (QED) is 0.629. The van der Waals surface area contributed by atoms with Gasteiger partial charge >= 0.3 is 5.97 Å². The van der Waals surface area contributed by atoms with Crippen molar-refractivity contribution >= 4 is 11.9 Å². The number of methoxy groups -OCH3 is 1. The average molecular weight is 228 g/mol. The molecule has 1 atom stereocenters. The van der Waals surface area contributed by atoms with Gasteiger partial charge in [0.05, 0.1) is 12.5 Å². The maximum atomic E-state index is 11.5. The third-order valence-electron chi connectivity index (χ3n) is 2.98. The van der Waals surface area contributed by atoms with Gasteiger partial charge in [-0.15, -0.1) is 0 Å². The van der Waals surface area contributed by atoms with Crippen LogP contribution in [0, 0.1) is 11.3 Å². The minimum atomic E-state index is -0.652. The summed E-state index contributed by atoms with van der Waals surface area (Å²) in [7, 11) is 1.37. The van der Waals surface area contributed by atoms with E-state index in [1.165, 1.54) is 7.11 Å². The molecule has 0 spiro atoms. The van der Waals surface area contributed by atoms with Crippen molar-refractivity contribution in [2.45, 2.75) is 32.7 Å². The summed E-state index contributed by atoms with van der Waals surface area (Å²) in [4.78, 5) is 22.6. The molecule has 1 unspecified atom stereocenters. The monoisotopic (exact) mass is 228 g/mol. The first-order chi connectivity index (χ1) is 7.38. The largest absolute Gasteiger partial charge is 0.468 e. The number of nitrogens with two attached hydrogens (primary N) is 1. The minimum absolute atomic E-state index is 0.261. The number of esters is 1. The summed E-state index contributed by atoms with van der Waals surface area (Å²) in [5.74, 6) is -0.293. The highest BCUT2D eigenvalue weighted by Gasteiger charge is 2.38. The van der Waals surface area contributed by atoms with E-state index in [0.29, 0.717) is 12.5 Å². The summed E-state index contributed by atoms with van der Waals surface area (Å²) < 4.78 is 4.72. The highest BCUT2D eigenvalue weighted by atomic mass is 16.5. The van der Waals surface area contributed by atoms with Crippen molar-refractivity contribution in [3.8, 4) is 0 Å². The first-order valence-electron chi connectivity index (χ1n) is 5.49. The van der Waals surface area contributed by atoms with E-state index in [2.05, 4.69) is 5.32 Å². The Morgan fingerprint density at radius 2 is 2.06 bits per heavy atom. The van der Waals surface area contributed by atoms with Gasteiger partial charge < -0.3 is 15.8 Å². The van der Waals surface area contributed by atoms with Crippen LogP contribution in [0.1, 0.15) is 26.7 Å². The number of ether oxygens (including phenoxy) is 1. The molecule has 1 saturated carbocycles. The zero-order valence-electron chi connectivity index (χ0n) is 10.1. The molecule has 0 aromatic carbocycles. The van der Waals surface area contributed by atoms with Crippen molar-refractivity contribution in [1.82, 2.24) is 5.32 Å². The number of amides is 1. The third-order valence-corrected chi connectivity index (χ3v) is 2.98. The van der Waals surface area contributed by atoms with E-state index >= 15 is 0 Å². The molecule has 0 saturated heterocycles. The fourth-order valence-corrected chi connectivity index (χ4v) is 1.45. The first-order valence-corrected chi connectivity index (χ1v) is 5.49. The van der Waals surface area contributed by atoms with Gasteiger partial charge in [0, 0.05) is 6.54 Å². The van der Waals surface area contributed by atoms with Gasteiger partial charge in [0.2, 0.25) is 5.91 Å². The number of primary amides is 1. The van der Waals surface area contributed by atoms with E-state index in [1.807, 2.05) is 0 Å². The second-order valence-electron chi connectivity index (χ2n) is 4.97. The Morgan fingerprint density at radius 3 is 2.44 bits per heavy atom. The summed E-state index contributed by atoms with van der Waals surface area (Å²) in [6, 6.07) is -0.302. The Morgan fingerprint density at radius 1 is 1.50 bits per heavy atom. The Kier molecular flexibility index (Phi) is 3.91. The fourth-order valence-electron chi connectivity index (χ4n) is 1.45. The molecule has 0 aromatic heterocycles. The van der Waals surface area contributed by atoms with Gasteiger partial charge in [-0.1, -0.05) is 0 Å². The zero-order valence-corrected chi connectivity index (χ0v) is 10.1. The summed E-state index contributed by atoms with van der Waals surface area (Å²) in [5, 5.41) is 3.08. The lowest BCUT2D eigenvalue weighted by Gasteiger charge is -2.24. The van der Waals surface area contributed by atoms with Gasteiger partial charge in [-0.3, -0.25) is 9.59 Å². The zero-order chi connectivity index (χ0) is 12.3. The van der Waals surface area contributed by atoms with Crippen molar-refractivity contribution in [1.29, 1.82) is 0 Å². The van der Waals surface area contributed by atoms with Crippen LogP contribution in [0.3, 0.4) is 0 Å². The Balaban J connectivity index is 2.50.